The minimum atomic E-state index is -0.475. The predicted molar refractivity (Wildman–Crippen MR) is 118 cm³/mol. The number of aromatic amines is 1. The highest BCUT2D eigenvalue weighted by Gasteiger charge is 2.26. The third kappa shape index (κ3) is 3.61. The number of aromatic nitrogens is 3. The minimum Gasteiger partial charge on any atom is -0.465 e. The van der Waals surface area contributed by atoms with Crippen LogP contribution in [0.15, 0.2) is 54.7 Å². The van der Waals surface area contributed by atoms with E-state index in [1.54, 1.807) is 41.4 Å². The number of ether oxygens (including phenoxy) is 1. The van der Waals surface area contributed by atoms with Crippen LogP contribution in [0.2, 0.25) is 0 Å². The van der Waals surface area contributed by atoms with Crippen LogP contribution < -0.4 is 0 Å². The molecule has 0 unspecified atom stereocenters. The van der Waals surface area contributed by atoms with Crippen LogP contribution in [0, 0.1) is 10.1 Å². The predicted octanol–water partition coefficient (Wildman–Crippen LogP) is 3.25. The molecule has 3 heterocycles. The molecule has 1 N–H and O–H groups in total. The Morgan fingerprint density at radius 3 is 2.82 bits per heavy atom. The molecule has 1 amide bonds. The van der Waals surface area contributed by atoms with E-state index >= 15 is 0 Å². The number of rotatable bonds is 4. The lowest BCUT2D eigenvalue weighted by molar-refractivity contribution is -0.384. The fourth-order valence-electron chi connectivity index (χ4n) is 4.13. The highest BCUT2D eigenvalue weighted by Crippen LogP contribution is 2.29. The molecule has 0 saturated heterocycles. The number of hydrogen-bond donors (Lipinski definition) is 1. The second-order valence-corrected chi connectivity index (χ2v) is 7.73. The van der Waals surface area contributed by atoms with Gasteiger partial charge in [0.05, 0.1) is 23.3 Å². The van der Waals surface area contributed by atoms with Crippen LogP contribution in [0.3, 0.4) is 0 Å². The molecule has 0 saturated carbocycles. The SMILES string of the molecule is COC(=O)c1ccc2[nH]c3c(c2c1)CN(C(=O)c1ccn(-c2cccc([N+](=O)[O-])c2)n1)CC3. The second-order valence-electron chi connectivity index (χ2n) is 7.73. The van der Waals surface area contributed by atoms with Gasteiger partial charge in [-0.3, -0.25) is 14.9 Å². The molecule has 0 atom stereocenters. The van der Waals surface area contributed by atoms with Crippen molar-refractivity contribution in [2.24, 2.45) is 0 Å². The van der Waals surface area contributed by atoms with Gasteiger partial charge in [-0.2, -0.15) is 5.10 Å². The summed E-state index contributed by atoms with van der Waals surface area (Å²) in [4.78, 5) is 40.8. The molecule has 0 aliphatic carbocycles. The molecule has 0 radical (unpaired) electrons. The van der Waals surface area contributed by atoms with Crippen molar-refractivity contribution in [3.8, 4) is 5.69 Å². The fourth-order valence-corrected chi connectivity index (χ4v) is 4.13. The molecule has 0 fully saturated rings. The number of nitro groups is 1. The van der Waals surface area contributed by atoms with Gasteiger partial charge in [0, 0.05) is 60.0 Å². The van der Waals surface area contributed by atoms with Gasteiger partial charge in [0.2, 0.25) is 0 Å². The number of benzene rings is 2. The Labute approximate surface area is 187 Å². The van der Waals surface area contributed by atoms with Gasteiger partial charge < -0.3 is 14.6 Å². The summed E-state index contributed by atoms with van der Waals surface area (Å²) in [6.07, 6.45) is 2.25. The largest absolute Gasteiger partial charge is 0.465 e. The molecular formula is C23H19N5O5. The quantitative estimate of drug-likeness (QED) is 0.292. The topological polar surface area (TPSA) is 123 Å². The van der Waals surface area contributed by atoms with Crippen molar-refractivity contribution in [2.45, 2.75) is 13.0 Å². The van der Waals surface area contributed by atoms with Crippen LogP contribution in [0.5, 0.6) is 0 Å². The van der Waals surface area contributed by atoms with Crippen LogP contribution in [0.1, 0.15) is 32.1 Å². The Balaban J connectivity index is 1.41. The van der Waals surface area contributed by atoms with Crippen LogP contribution in [0.4, 0.5) is 5.69 Å². The van der Waals surface area contributed by atoms with Crippen molar-refractivity contribution in [2.75, 3.05) is 13.7 Å². The molecule has 166 valence electrons. The highest BCUT2D eigenvalue weighted by molar-refractivity contribution is 5.97. The van der Waals surface area contributed by atoms with E-state index in [-0.39, 0.29) is 17.3 Å². The van der Waals surface area contributed by atoms with Gasteiger partial charge >= 0.3 is 5.97 Å². The summed E-state index contributed by atoms with van der Waals surface area (Å²) in [6.45, 7) is 0.897. The molecular weight excluding hydrogens is 426 g/mol. The number of non-ortho nitro benzene ring substituents is 1. The molecule has 2 aromatic carbocycles. The Morgan fingerprint density at radius 1 is 1.18 bits per heavy atom. The first-order valence-electron chi connectivity index (χ1n) is 10.3. The van der Waals surface area contributed by atoms with E-state index < -0.39 is 10.9 Å². The van der Waals surface area contributed by atoms with Crippen molar-refractivity contribution in [1.29, 1.82) is 0 Å². The van der Waals surface area contributed by atoms with Crippen LogP contribution in [0.25, 0.3) is 16.6 Å². The van der Waals surface area contributed by atoms with E-state index in [9.17, 15) is 19.7 Å². The molecule has 0 spiro atoms. The number of hydrogen-bond acceptors (Lipinski definition) is 6. The van der Waals surface area contributed by atoms with Gasteiger partial charge in [-0.15, -0.1) is 0 Å². The molecule has 1 aliphatic heterocycles. The first-order valence-corrected chi connectivity index (χ1v) is 10.3. The van der Waals surface area contributed by atoms with Crippen molar-refractivity contribution in [3.05, 3.63) is 87.4 Å². The van der Waals surface area contributed by atoms with Gasteiger partial charge in [0.1, 0.15) is 0 Å². The number of carbonyl (C=O) groups excluding carboxylic acids is 2. The zero-order valence-electron chi connectivity index (χ0n) is 17.6. The zero-order chi connectivity index (χ0) is 23.1. The smallest absolute Gasteiger partial charge is 0.337 e. The van der Waals surface area contributed by atoms with Gasteiger partial charge in [0.25, 0.3) is 11.6 Å². The van der Waals surface area contributed by atoms with E-state index in [4.69, 9.17) is 4.74 Å². The second kappa shape index (κ2) is 7.90. The first kappa shape index (κ1) is 20.4. The average Bonchev–Trinajstić information content (AvgIpc) is 3.47. The molecule has 0 bridgehead atoms. The summed E-state index contributed by atoms with van der Waals surface area (Å²) in [6, 6.07) is 13.0. The number of nitrogens with one attached hydrogen (secondary N) is 1. The maximum absolute atomic E-state index is 13.2. The van der Waals surface area contributed by atoms with Crippen LogP contribution in [-0.4, -0.2) is 50.1 Å². The molecule has 5 rings (SSSR count). The van der Waals surface area contributed by atoms with Gasteiger partial charge in [0.15, 0.2) is 5.69 Å². The molecule has 33 heavy (non-hydrogen) atoms. The number of fused-ring (bicyclic) bond motifs is 3. The lowest BCUT2D eigenvalue weighted by Gasteiger charge is -2.26. The number of amides is 1. The van der Waals surface area contributed by atoms with Gasteiger partial charge in [-0.1, -0.05) is 6.07 Å². The lowest BCUT2D eigenvalue weighted by atomic mass is 10.0. The van der Waals surface area contributed by atoms with Gasteiger partial charge in [-0.05, 0) is 30.3 Å². The van der Waals surface area contributed by atoms with Crippen LogP contribution >= 0.6 is 0 Å². The lowest BCUT2D eigenvalue weighted by Crippen LogP contribution is -2.36. The van der Waals surface area contributed by atoms with E-state index in [0.29, 0.717) is 30.8 Å². The molecule has 10 nitrogen and oxygen atoms in total. The summed E-state index contributed by atoms with van der Waals surface area (Å²) in [5.41, 5.74) is 4.05. The van der Waals surface area contributed by atoms with E-state index in [1.165, 1.54) is 23.9 Å². The number of nitro benzene ring substituents is 1. The summed E-state index contributed by atoms with van der Waals surface area (Å²) in [7, 11) is 1.34. The Morgan fingerprint density at radius 2 is 2.03 bits per heavy atom. The van der Waals surface area contributed by atoms with Crippen molar-refractivity contribution < 1.29 is 19.2 Å². The van der Waals surface area contributed by atoms with Crippen molar-refractivity contribution >= 4 is 28.5 Å². The Hall–Kier alpha value is -4.47. The van der Waals surface area contributed by atoms with E-state index in [1.807, 2.05) is 6.07 Å². The monoisotopic (exact) mass is 445 g/mol. The molecule has 1 aliphatic rings. The molecule has 4 aromatic rings. The summed E-state index contributed by atoms with van der Waals surface area (Å²) < 4.78 is 6.27. The van der Waals surface area contributed by atoms with Crippen LogP contribution in [-0.2, 0) is 17.7 Å². The zero-order valence-corrected chi connectivity index (χ0v) is 17.6. The maximum Gasteiger partial charge on any atom is 0.337 e. The molecule has 2 aromatic heterocycles. The number of nitrogens with zero attached hydrogens (tertiary/aromatic N) is 4. The van der Waals surface area contributed by atoms with Crippen molar-refractivity contribution in [1.82, 2.24) is 19.7 Å². The normalized spacial score (nSPS) is 13.1. The maximum atomic E-state index is 13.2. The van der Waals surface area contributed by atoms with Gasteiger partial charge in [-0.25, -0.2) is 9.48 Å². The molecule has 10 heteroatoms. The summed E-state index contributed by atoms with van der Waals surface area (Å²) in [5.74, 6) is -0.648. The summed E-state index contributed by atoms with van der Waals surface area (Å²) >= 11 is 0. The summed E-state index contributed by atoms with van der Waals surface area (Å²) in [5, 5.41) is 16.3. The van der Waals surface area contributed by atoms with Crippen molar-refractivity contribution in [3.63, 3.8) is 0 Å². The third-order valence-corrected chi connectivity index (χ3v) is 5.80. The fraction of sp³-hybridized carbons (Fsp3) is 0.174. The highest BCUT2D eigenvalue weighted by atomic mass is 16.6. The van der Waals surface area contributed by atoms with E-state index in [2.05, 4.69) is 10.1 Å². The standard InChI is InChI=1S/C23H19N5O5/c1-33-23(30)14-5-6-19-17(11-14)18-13-26(9-7-20(18)24-19)22(29)21-8-10-27(25-21)15-3-2-4-16(12-15)28(31)32/h2-6,8,10-12,24H,7,9,13H2,1H3. The number of methoxy groups -OCH3 is 1. The average molecular weight is 445 g/mol. The van der Waals surface area contributed by atoms with E-state index in [0.717, 1.165) is 22.2 Å². The Bertz CT molecular complexity index is 1420. The number of esters is 1. The Kier molecular flexibility index (Phi) is 4.89. The third-order valence-electron chi connectivity index (χ3n) is 5.80. The number of H-pyrrole nitrogens is 1. The minimum absolute atomic E-state index is 0.0508. The number of carbonyl (C=O) groups is 2. The first-order chi connectivity index (χ1) is 15.9.